The summed E-state index contributed by atoms with van der Waals surface area (Å²) in [6, 6.07) is 0. The zero-order valence-corrected chi connectivity index (χ0v) is 12.6. The minimum absolute atomic E-state index is 0.0683. The van der Waals surface area contributed by atoms with E-state index in [9.17, 15) is 8.42 Å². The molecule has 17 heavy (non-hydrogen) atoms. The van der Waals surface area contributed by atoms with Crippen LogP contribution in [0.25, 0.3) is 0 Å². The number of ether oxygens (including phenoxy) is 1. The Morgan fingerprint density at radius 1 is 1.18 bits per heavy atom. The monoisotopic (exact) mass is 324 g/mol. The topological polar surface area (TPSA) is 43.4 Å². The molecule has 1 aliphatic carbocycles. The highest BCUT2D eigenvalue weighted by molar-refractivity contribution is 9.09. The summed E-state index contributed by atoms with van der Waals surface area (Å²) in [7, 11) is -2.92. The van der Waals surface area contributed by atoms with Crippen LogP contribution in [0.3, 0.4) is 0 Å². The van der Waals surface area contributed by atoms with E-state index in [0.717, 1.165) is 43.9 Å². The van der Waals surface area contributed by atoms with E-state index in [1.807, 2.05) is 0 Å². The van der Waals surface area contributed by atoms with E-state index in [4.69, 9.17) is 4.74 Å². The lowest BCUT2D eigenvalue weighted by atomic mass is 9.85. The molecule has 0 bridgehead atoms. The van der Waals surface area contributed by atoms with E-state index in [2.05, 4.69) is 15.9 Å². The van der Waals surface area contributed by atoms with Gasteiger partial charge >= 0.3 is 0 Å². The van der Waals surface area contributed by atoms with Crippen LogP contribution in [0, 0.1) is 5.41 Å². The predicted octanol–water partition coefficient (Wildman–Crippen LogP) is 2.54. The molecule has 0 atom stereocenters. The van der Waals surface area contributed by atoms with Crippen molar-refractivity contribution in [2.45, 2.75) is 43.8 Å². The summed E-state index contributed by atoms with van der Waals surface area (Å²) < 4.78 is 30.2. The minimum Gasteiger partial charge on any atom is -0.381 e. The third-order valence-corrected chi connectivity index (χ3v) is 7.85. The highest BCUT2D eigenvalue weighted by Crippen LogP contribution is 2.37. The first-order chi connectivity index (χ1) is 8.08. The molecule has 100 valence electrons. The smallest absolute Gasteiger partial charge is 0.153 e. The molecular weight excluding hydrogens is 304 g/mol. The molecule has 0 radical (unpaired) electrons. The molecule has 1 saturated heterocycles. The van der Waals surface area contributed by atoms with E-state index in [-0.39, 0.29) is 10.7 Å². The summed E-state index contributed by atoms with van der Waals surface area (Å²) in [4.78, 5) is 0. The average molecular weight is 325 g/mol. The lowest BCUT2D eigenvalue weighted by Crippen LogP contribution is -2.40. The van der Waals surface area contributed by atoms with Gasteiger partial charge in [0.1, 0.15) is 0 Å². The van der Waals surface area contributed by atoms with Gasteiger partial charge in [0.25, 0.3) is 0 Å². The Morgan fingerprint density at radius 3 is 2.29 bits per heavy atom. The second-order valence-corrected chi connectivity index (χ2v) is 8.30. The van der Waals surface area contributed by atoms with Gasteiger partial charge in [-0.15, -0.1) is 0 Å². The van der Waals surface area contributed by atoms with Crippen LogP contribution in [-0.2, 0) is 14.6 Å². The maximum Gasteiger partial charge on any atom is 0.153 e. The summed E-state index contributed by atoms with van der Waals surface area (Å²) in [6.45, 7) is 1.40. The standard InChI is InChI=1S/C12H21BrO3S/c13-9-12(5-7-16-8-6-12)10-17(14,15)11-3-1-2-4-11/h11H,1-10H2. The van der Waals surface area contributed by atoms with Crippen molar-refractivity contribution in [3.8, 4) is 0 Å². The molecule has 0 unspecified atom stereocenters. The number of rotatable bonds is 4. The molecule has 5 heteroatoms. The van der Waals surface area contributed by atoms with Crippen molar-refractivity contribution in [2.24, 2.45) is 5.41 Å². The third kappa shape index (κ3) is 3.24. The Bertz CT molecular complexity index is 341. The lowest BCUT2D eigenvalue weighted by molar-refractivity contribution is 0.0367. The van der Waals surface area contributed by atoms with E-state index in [0.29, 0.717) is 19.0 Å². The number of alkyl halides is 1. The Balaban J connectivity index is 2.06. The molecule has 1 heterocycles. The number of sulfone groups is 1. The van der Waals surface area contributed by atoms with Crippen molar-refractivity contribution in [1.29, 1.82) is 0 Å². The molecule has 0 aromatic carbocycles. The maximum atomic E-state index is 12.4. The molecule has 1 saturated carbocycles. The zero-order valence-electron chi connectivity index (χ0n) is 10.2. The number of hydrogen-bond donors (Lipinski definition) is 0. The Kier molecular flexibility index (Phi) is 4.53. The SMILES string of the molecule is O=S(=O)(CC1(CBr)CCOCC1)C1CCCC1. The predicted molar refractivity (Wildman–Crippen MR) is 72.3 cm³/mol. The molecule has 1 aliphatic heterocycles. The second kappa shape index (κ2) is 5.57. The first kappa shape index (κ1) is 13.8. The summed E-state index contributed by atoms with van der Waals surface area (Å²) in [5.74, 6) is 0.347. The second-order valence-electron chi connectivity index (χ2n) is 5.46. The van der Waals surface area contributed by atoms with Gasteiger partial charge in [0.15, 0.2) is 9.84 Å². The van der Waals surface area contributed by atoms with Crippen molar-refractivity contribution in [1.82, 2.24) is 0 Å². The molecule has 2 fully saturated rings. The first-order valence-corrected chi connectivity index (χ1v) is 9.27. The van der Waals surface area contributed by atoms with Crippen molar-refractivity contribution >= 4 is 25.8 Å². The van der Waals surface area contributed by atoms with Crippen LogP contribution in [0.5, 0.6) is 0 Å². The van der Waals surface area contributed by atoms with Crippen LogP contribution in [0.2, 0.25) is 0 Å². The molecule has 2 aliphatic rings. The fourth-order valence-corrected chi connectivity index (χ4v) is 6.47. The minimum atomic E-state index is -2.92. The number of hydrogen-bond acceptors (Lipinski definition) is 3. The van der Waals surface area contributed by atoms with Crippen molar-refractivity contribution < 1.29 is 13.2 Å². The van der Waals surface area contributed by atoms with Crippen LogP contribution >= 0.6 is 15.9 Å². The van der Waals surface area contributed by atoms with Crippen LogP contribution in [0.1, 0.15) is 38.5 Å². The van der Waals surface area contributed by atoms with Crippen LogP contribution < -0.4 is 0 Å². The average Bonchev–Trinajstić information content (AvgIpc) is 2.84. The summed E-state index contributed by atoms with van der Waals surface area (Å²) in [6.07, 6.45) is 5.63. The Labute approximate surface area is 112 Å². The maximum absolute atomic E-state index is 12.4. The lowest BCUT2D eigenvalue weighted by Gasteiger charge is -2.36. The summed E-state index contributed by atoms with van der Waals surface area (Å²) in [5.41, 5.74) is -0.0837. The zero-order chi connectivity index (χ0) is 12.4. The van der Waals surface area contributed by atoms with Gasteiger partial charge < -0.3 is 4.74 Å². The van der Waals surface area contributed by atoms with E-state index < -0.39 is 9.84 Å². The largest absolute Gasteiger partial charge is 0.381 e. The molecule has 0 spiro atoms. The van der Waals surface area contributed by atoms with E-state index in [1.165, 1.54) is 0 Å². The van der Waals surface area contributed by atoms with Gasteiger partial charge in [-0.2, -0.15) is 0 Å². The van der Waals surface area contributed by atoms with Crippen LogP contribution in [-0.4, -0.2) is 38.0 Å². The van der Waals surface area contributed by atoms with Gasteiger partial charge in [-0.05, 0) is 31.1 Å². The molecule has 2 rings (SSSR count). The highest BCUT2D eigenvalue weighted by atomic mass is 79.9. The van der Waals surface area contributed by atoms with Gasteiger partial charge in [-0.1, -0.05) is 28.8 Å². The molecule has 0 aromatic rings. The molecule has 0 N–H and O–H groups in total. The normalized spacial score (nSPS) is 26.2. The molecule has 3 nitrogen and oxygen atoms in total. The van der Waals surface area contributed by atoms with Crippen LogP contribution in [0.15, 0.2) is 0 Å². The Hall–Kier alpha value is 0.390. The summed E-state index contributed by atoms with van der Waals surface area (Å²) >= 11 is 3.51. The highest BCUT2D eigenvalue weighted by Gasteiger charge is 2.39. The summed E-state index contributed by atoms with van der Waals surface area (Å²) in [5, 5.41) is 0.705. The van der Waals surface area contributed by atoms with Crippen molar-refractivity contribution in [3.05, 3.63) is 0 Å². The van der Waals surface area contributed by atoms with E-state index >= 15 is 0 Å². The van der Waals surface area contributed by atoms with E-state index in [1.54, 1.807) is 0 Å². The molecule has 0 amide bonds. The molecular formula is C12H21BrO3S. The van der Waals surface area contributed by atoms with Crippen molar-refractivity contribution in [3.63, 3.8) is 0 Å². The van der Waals surface area contributed by atoms with Crippen molar-refractivity contribution in [2.75, 3.05) is 24.3 Å². The van der Waals surface area contributed by atoms with Gasteiger partial charge in [-0.25, -0.2) is 8.42 Å². The van der Waals surface area contributed by atoms with Gasteiger partial charge in [0, 0.05) is 18.5 Å². The van der Waals surface area contributed by atoms with Gasteiger partial charge in [0.2, 0.25) is 0 Å². The van der Waals surface area contributed by atoms with Gasteiger partial charge in [0.05, 0.1) is 11.0 Å². The van der Waals surface area contributed by atoms with Crippen LogP contribution in [0.4, 0.5) is 0 Å². The Morgan fingerprint density at radius 2 is 1.76 bits per heavy atom. The fraction of sp³-hybridized carbons (Fsp3) is 1.00. The first-order valence-electron chi connectivity index (χ1n) is 6.43. The fourth-order valence-electron chi connectivity index (χ4n) is 2.91. The molecule has 0 aromatic heterocycles. The number of halogens is 1. The quantitative estimate of drug-likeness (QED) is 0.746. The van der Waals surface area contributed by atoms with Gasteiger partial charge in [-0.3, -0.25) is 0 Å². The third-order valence-electron chi connectivity index (χ3n) is 4.15.